The van der Waals surface area contributed by atoms with Crippen LogP contribution in [-0.4, -0.2) is 17.6 Å². The van der Waals surface area contributed by atoms with Gasteiger partial charge in [-0.3, -0.25) is 4.79 Å². The van der Waals surface area contributed by atoms with Gasteiger partial charge in [0.05, 0.1) is 18.8 Å². The maximum Gasteiger partial charge on any atom is 0.223 e. The van der Waals surface area contributed by atoms with Crippen molar-refractivity contribution in [3.63, 3.8) is 0 Å². The maximum absolute atomic E-state index is 12.1. The highest BCUT2D eigenvalue weighted by Crippen LogP contribution is 2.39. The second-order valence-corrected chi connectivity index (χ2v) is 6.35. The SMILES string of the molecule is CCc1cc(C(O)CC)cc2c1OCCC2NC(=O)C1CC1. The minimum absolute atomic E-state index is 0.00570. The molecule has 1 fully saturated rings. The van der Waals surface area contributed by atoms with Crippen molar-refractivity contribution in [3.8, 4) is 5.75 Å². The first-order chi connectivity index (χ1) is 10.6. The summed E-state index contributed by atoms with van der Waals surface area (Å²) in [5.41, 5.74) is 3.07. The molecule has 0 spiro atoms. The van der Waals surface area contributed by atoms with Gasteiger partial charge in [-0.2, -0.15) is 0 Å². The van der Waals surface area contributed by atoms with Crippen LogP contribution < -0.4 is 10.1 Å². The third kappa shape index (κ3) is 2.98. The zero-order chi connectivity index (χ0) is 15.7. The highest BCUT2D eigenvalue weighted by Gasteiger charge is 2.33. The summed E-state index contributed by atoms with van der Waals surface area (Å²) in [6.07, 6.45) is 3.89. The van der Waals surface area contributed by atoms with Gasteiger partial charge in [-0.15, -0.1) is 0 Å². The van der Waals surface area contributed by atoms with E-state index in [-0.39, 0.29) is 17.9 Å². The zero-order valence-electron chi connectivity index (χ0n) is 13.4. The molecule has 120 valence electrons. The lowest BCUT2D eigenvalue weighted by atomic mass is 9.91. The molecule has 4 nitrogen and oxygen atoms in total. The maximum atomic E-state index is 12.1. The molecule has 0 aromatic heterocycles. The Kier molecular flexibility index (Phi) is 4.39. The number of hydrogen-bond donors (Lipinski definition) is 2. The van der Waals surface area contributed by atoms with Gasteiger partial charge in [0, 0.05) is 17.9 Å². The van der Waals surface area contributed by atoms with Crippen LogP contribution in [-0.2, 0) is 11.2 Å². The molecule has 2 unspecified atom stereocenters. The van der Waals surface area contributed by atoms with E-state index in [0.717, 1.165) is 48.1 Å². The van der Waals surface area contributed by atoms with Gasteiger partial charge in [0.25, 0.3) is 0 Å². The van der Waals surface area contributed by atoms with Gasteiger partial charge in [0.1, 0.15) is 5.75 Å². The Labute approximate surface area is 131 Å². The van der Waals surface area contributed by atoms with Crippen molar-refractivity contribution < 1.29 is 14.6 Å². The largest absolute Gasteiger partial charge is 0.493 e. The molecule has 0 saturated heterocycles. The molecule has 1 aromatic rings. The fourth-order valence-corrected chi connectivity index (χ4v) is 3.08. The third-order valence-electron chi connectivity index (χ3n) is 4.66. The average molecular weight is 303 g/mol. The quantitative estimate of drug-likeness (QED) is 0.879. The number of nitrogens with one attached hydrogen (secondary N) is 1. The zero-order valence-corrected chi connectivity index (χ0v) is 13.4. The van der Waals surface area contributed by atoms with Crippen molar-refractivity contribution in [2.45, 2.75) is 58.1 Å². The van der Waals surface area contributed by atoms with Crippen LogP contribution in [0.25, 0.3) is 0 Å². The monoisotopic (exact) mass is 303 g/mol. The van der Waals surface area contributed by atoms with Crippen LogP contribution in [0, 0.1) is 5.92 Å². The lowest BCUT2D eigenvalue weighted by molar-refractivity contribution is -0.123. The summed E-state index contributed by atoms with van der Waals surface area (Å²) in [4.78, 5) is 12.1. The number of aliphatic hydroxyl groups is 1. The van der Waals surface area contributed by atoms with Crippen LogP contribution in [0.4, 0.5) is 0 Å². The first-order valence-electron chi connectivity index (χ1n) is 8.42. The van der Waals surface area contributed by atoms with E-state index in [9.17, 15) is 9.90 Å². The van der Waals surface area contributed by atoms with E-state index < -0.39 is 6.10 Å². The number of aryl methyl sites for hydroxylation is 1. The fraction of sp³-hybridized carbons (Fsp3) is 0.611. The van der Waals surface area contributed by atoms with Gasteiger partial charge in [-0.25, -0.2) is 0 Å². The molecule has 1 aliphatic heterocycles. The highest BCUT2D eigenvalue weighted by molar-refractivity contribution is 5.81. The molecule has 1 heterocycles. The van der Waals surface area contributed by atoms with E-state index in [1.165, 1.54) is 0 Å². The molecule has 2 aliphatic rings. The normalized spacial score (nSPS) is 21.7. The van der Waals surface area contributed by atoms with E-state index in [1.807, 2.05) is 19.1 Å². The molecular weight excluding hydrogens is 278 g/mol. The number of amides is 1. The van der Waals surface area contributed by atoms with Gasteiger partial charge in [-0.1, -0.05) is 13.8 Å². The van der Waals surface area contributed by atoms with E-state index in [4.69, 9.17) is 4.74 Å². The Morgan fingerprint density at radius 2 is 2.14 bits per heavy atom. The molecule has 2 N–H and O–H groups in total. The van der Waals surface area contributed by atoms with Crippen molar-refractivity contribution in [2.24, 2.45) is 5.92 Å². The molecular formula is C18H25NO3. The Hall–Kier alpha value is -1.55. The molecule has 4 heteroatoms. The summed E-state index contributed by atoms with van der Waals surface area (Å²) in [6, 6.07) is 4.06. The number of ether oxygens (including phenoxy) is 1. The molecule has 22 heavy (non-hydrogen) atoms. The molecule has 1 amide bonds. The van der Waals surface area contributed by atoms with Crippen molar-refractivity contribution in [1.82, 2.24) is 5.32 Å². The summed E-state index contributed by atoms with van der Waals surface area (Å²) in [5.74, 6) is 1.28. The van der Waals surface area contributed by atoms with E-state index in [0.29, 0.717) is 13.0 Å². The molecule has 2 atom stereocenters. The first-order valence-corrected chi connectivity index (χ1v) is 8.42. The number of carbonyl (C=O) groups excluding carboxylic acids is 1. The Morgan fingerprint density at radius 3 is 2.77 bits per heavy atom. The number of rotatable bonds is 5. The van der Waals surface area contributed by atoms with Crippen molar-refractivity contribution >= 4 is 5.91 Å². The highest BCUT2D eigenvalue weighted by atomic mass is 16.5. The summed E-state index contributed by atoms with van der Waals surface area (Å²) in [5, 5.41) is 13.4. The van der Waals surface area contributed by atoms with Crippen LogP contribution in [0.3, 0.4) is 0 Å². The molecule has 1 aliphatic carbocycles. The fourth-order valence-electron chi connectivity index (χ4n) is 3.08. The topological polar surface area (TPSA) is 58.6 Å². The summed E-state index contributed by atoms with van der Waals surface area (Å²) in [7, 11) is 0. The minimum Gasteiger partial charge on any atom is -0.493 e. The number of hydrogen-bond acceptors (Lipinski definition) is 3. The summed E-state index contributed by atoms with van der Waals surface area (Å²) in [6.45, 7) is 4.69. The number of fused-ring (bicyclic) bond motifs is 1. The Bertz CT molecular complexity index is 566. The van der Waals surface area contributed by atoms with E-state index in [1.54, 1.807) is 0 Å². The average Bonchev–Trinajstić information content (AvgIpc) is 3.38. The van der Waals surface area contributed by atoms with Crippen molar-refractivity contribution in [1.29, 1.82) is 0 Å². The number of carbonyl (C=O) groups is 1. The standard InChI is InChI=1S/C18H25NO3/c1-3-11-9-13(16(20)4-2)10-14-15(7-8-22-17(11)14)19-18(21)12-5-6-12/h9-10,12,15-16,20H,3-8H2,1-2H3,(H,19,21). The van der Waals surface area contributed by atoms with Crippen LogP contribution in [0.15, 0.2) is 12.1 Å². The second-order valence-electron chi connectivity index (χ2n) is 6.35. The van der Waals surface area contributed by atoms with Crippen LogP contribution >= 0.6 is 0 Å². The predicted octanol–water partition coefficient (Wildman–Crippen LogP) is 3.04. The van der Waals surface area contributed by atoms with Gasteiger partial charge in [0.2, 0.25) is 5.91 Å². The Morgan fingerprint density at radius 1 is 1.36 bits per heavy atom. The molecule has 0 bridgehead atoms. The second kappa shape index (κ2) is 6.29. The van der Waals surface area contributed by atoms with Crippen molar-refractivity contribution in [2.75, 3.05) is 6.61 Å². The van der Waals surface area contributed by atoms with E-state index in [2.05, 4.69) is 12.2 Å². The molecule has 3 rings (SSSR count). The van der Waals surface area contributed by atoms with Crippen molar-refractivity contribution in [3.05, 3.63) is 28.8 Å². The van der Waals surface area contributed by atoms with Crippen LogP contribution in [0.5, 0.6) is 5.75 Å². The molecule has 1 saturated carbocycles. The van der Waals surface area contributed by atoms with Gasteiger partial charge in [0.15, 0.2) is 0 Å². The number of aliphatic hydroxyl groups excluding tert-OH is 1. The lowest BCUT2D eigenvalue weighted by Crippen LogP contribution is -2.33. The summed E-state index contributed by atoms with van der Waals surface area (Å²) >= 11 is 0. The van der Waals surface area contributed by atoms with Gasteiger partial charge < -0.3 is 15.2 Å². The smallest absolute Gasteiger partial charge is 0.223 e. The first kappa shape index (κ1) is 15.3. The summed E-state index contributed by atoms with van der Waals surface area (Å²) < 4.78 is 5.87. The predicted molar refractivity (Wildman–Crippen MR) is 84.8 cm³/mol. The van der Waals surface area contributed by atoms with Gasteiger partial charge >= 0.3 is 0 Å². The van der Waals surface area contributed by atoms with Gasteiger partial charge in [-0.05, 0) is 48.9 Å². The molecule has 1 aromatic carbocycles. The van der Waals surface area contributed by atoms with E-state index >= 15 is 0 Å². The lowest BCUT2D eigenvalue weighted by Gasteiger charge is -2.29. The third-order valence-corrected chi connectivity index (χ3v) is 4.66. The molecule has 0 radical (unpaired) electrons. The number of benzene rings is 1. The van der Waals surface area contributed by atoms with Crippen LogP contribution in [0.1, 0.15) is 68.4 Å². The minimum atomic E-state index is -0.461. The Balaban J connectivity index is 1.93. The van der Waals surface area contributed by atoms with Crippen LogP contribution in [0.2, 0.25) is 0 Å².